The minimum absolute atomic E-state index is 0.0591. The SMILES string of the molecule is CC(Cc1ccc[nH]1)[C@H](N)C(=O)O. The summed E-state index contributed by atoms with van der Waals surface area (Å²) in [4.78, 5) is 13.5. The fourth-order valence-electron chi connectivity index (χ4n) is 1.21. The zero-order valence-electron chi connectivity index (χ0n) is 7.53. The lowest BCUT2D eigenvalue weighted by Crippen LogP contribution is -2.37. The van der Waals surface area contributed by atoms with Crippen molar-refractivity contribution in [3.8, 4) is 0 Å². The third-order valence-electron chi connectivity index (χ3n) is 2.10. The van der Waals surface area contributed by atoms with Gasteiger partial charge in [0, 0.05) is 11.9 Å². The van der Waals surface area contributed by atoms with Gasteiger partial charge < -0.3 is 15.8 Å². The first-order chi connectivity index (χ1) is 6.11. The highest BCUT2D eigenvalue weighted by molar-refractivity contribution is 5.73. The summed E-state index contributed by atoms with van der Waals surface area (Å²) in [6, 6.07) is 3.02. The van der Waals surface area contributed by atoms with E-state index in [1.165, 1.54) is 0 Å². The Hall–Kier alpha value is -1.29. The van der Waals surface area contributed by atoms with Crippen LogP contribution in [0.3, 0.4) is 0 Å². The molecule has 72 valence electrons. The van der Waals surface area contributed by atoms with Gasteiger partial charge in [-0.25, -0.2) is 0 Å². The van der Waals surface area contributed by atoms with Gasteiger partial charge in [-0.3, -0.25) is 4.79 Å². The van der Waals surface area contributed by atoms with Gasteiger partial charge in [-0.2, -0.15) is 0 Å². The van der Waals surface area contributed by atoms with E-state index in [2.05, 4.69) is 4.98 Å². The quantitative estimate of drug-likeness (QED) is 0.638. The van der Waals surface area contributed by atoms with Gasteiger partial charge in [0.1, 0.15) is 6.04 Å². The number of carboxylic acid groups (broad SMARTS) is 1. The lowest BCUT2D eigenvalue weighted by Gasteiger charge is -2.14. The van der Waals surface area contributed by atoms with Crippen molar-refractivity contribution < 1.29 is 9.90 Å². The van der Waals surface area contributed by atoms with E-state index in [1.807, 2.05) is 25.3 Å². The van der Waals surface area contributed by atoms with Crippen LogP contribution in [0.15, 0.2) is 18.3 Å². The van der Waals surface area contributed by atoms with Gasteiger partial charge in [0.25, 0.3) is 0 Å². The van der Waals surface area contributed by atoms with Crippen LogP contribution < -0.4 is 5.73 Å². The zero-order chi connectivity index (χ0) is 9.84. The van der Waals surface area contributed by atoms with Gasteiger partial charge in [0.05, 0.1) is 0 Å². The smallest absolute Gasteiger partial charge is 0.320 e. The Bertz CT molecular complexity index is 269. The Morgan fingerprint density at radius 3 is 2.92 bits per heavy atom. The van der Waals surface area contributed by atoms with Crippen molar-refractivity contribution in [2.45, 2.75) is 19.4 Å². The molecular formula is C9H14N2O2. The third kappa shape index (κ3) is 2.59. The molecule has 0 saturated carbocycles. The molecule has 4 N–H and O–H groups in total. The highest BCUT2D eigenvalue weighted by Crippen LogP contribution is 2.09. The summed E-state index contributed by atoms with van der Waals surface area (Å²) in [5.74, 6) is -1.00. The van der Waals surface area contributed by atoms with Gasteiger partial charge in [-0.15, -0.1) is 0 Å². The monoisotopic (exact) mass is 182 g/mol. The van der Waals surface area contributed by atoms with Crippen LogP contribution in [-0.2, 0) is 11.2 Å². The van der Waals surface area contributed by atoms with Crippen LogP contribution in [0.4, 0.5) is 0 Å². The second-order valence-corrected chi connectivity index (χ2v) is 3.24. The van der Waals surface area contributed by atoms with Crippen LogP contribution in [-0.4, -0.2) is 22.1 Å². The molecular weight excluding hydrogens is 168 g/mol. The average Bonchev–Trinajstić information content (AvgIpc) is 2.55. The summed E-state index contributed by atoms with van der Waals surface area (Å²) in [5.41, 5.74) is 6.48. The highest BCUT2D eigenvalue weighted by atomic mass is 16.4. The third-order valence-corrected chi connectivity index (χ3v) is 2.10. The van der Waals surface area contributed by atoms with E-state index >= 15 is 0 Å². The summed E-state index contributed by atoms with van der Waals surface area (Å²) in [6.45, 7) is 1.83. The topological polar surface area (TPSA) is 79.1 Å². The predicted octanol–water partition coefficient (Wildman–Crippen LogP) is 0.605. The molecule has 1 unspecified atom stereocenters. The van der Waals surface area contributed by atoms with Crippen LogP contribution in [0.25, 0.3) is 0 Å². The molecule has 0 saturated heterocycles. The molecule has 0 radical (unpaired) electrons. The fraction of sp³-hybridized carbons (Fsp3) is 0.444. The molecule has 0 amide bonds. The van der Waals surface area contributed by atoms with Crippen LogP contribution in [0.1, 0.15) is 12.6 Å². The maximum atomic E-state index is 10.5. The molecule has 0 spiro atoms. The lowest BCUT2D eigenvalue weighted by molar-refractivity contribution is -0.139. The molecule has 0 bridgehead atoms. The van der Waals surface area contributed by atoms with E-state index in [4.69, 9.17) is 10.8 Å². The van der Waals surface area contributed by atoms with Gasteiger partial charge in [0.15, 0.2) is 0 Å². The number of H-pyrrole nitrogens is 1. The molecule has 2 atom stereocenters. The molecule has 0 aliphatic carbocycles. The second kappa shape index (κ2) is 4.09. The molecule has 1 aromatic heterocycles. The zero-order valence-corrected chi connectivity index (χ0v) is 7.53. The Morgan fingerprint density at radius 1 is 1.77 bits per heavy atom. The highest BCUT2D eigenvalue weighted by Gasteiger charge is 2.20. The number of nitrogens with one attached hydrogen (secondary N) is 1. The number of aliphatic carboxylic acids is 1. The maximum absolute atomic E-state index is 10.5. The summed E-state index contributed by atoms with van der Waals surface area (Å²) in [7, 11) is 0. The van der Waals surface area contributed by atoms with Crippen molar-refractivity contribution in [1.82, 2.24) is 4.98 Å². The number of carboxylic acids is 1. The first kappa shape index (κ1) is 9.80. The molecule has 4 nitrogen and oxygen atoms in total. The molecule has 0 aliphatic rings. The number of aromatic nitrogens is 1. The molecule has 13 heavy (non-hydrogen) atoms. The van der Waals surface area contributed by atoms with Crippen molar-refractivity contribution >= 4 is 5.97 Å². The van der Waals surface area contributed by atoms with E-state index < -0.39 is 12.0 Å². The normalized spacial score (nSPS) is 15.2. The maximum Gasteiger partial charge on any atom is 0.320 e. The fourth-order valence-corrected chi connectivity index (χ4v) is 1.21. The minimum atomic E-state index is -0.945. The van der Waals surface area contributed by atoms with E-state index in [1.54, 1.807) is 0 Å². The van der Waals surface area contributed by atoms with E-state index in [0.717, 1.165) is 5.69 Å². The Labute approximate surface area is 76.8 Å². The lowest BCUT2D eigenvalue weighted by atomic mass is 9.97. The molecule has 4 heteroatoms. The predicted molar refractivity (Wildman–Crippen MR) is 49.3 cm³/mol. The van der Waals surface area contributed by atoms with Gasteiger partial charge in [0.2, 0.25) is 0 Å². The molecule has 1 rings (SSSR count). The molecule has 1 aromatic rings. The molecule has 1 heterocycles. The summed E-state index contributed by atoms with van der Waals surface area (Å²) in [6.07, 6.45) is 2.48. The standard InChI is InChI=1S/C9H14N2O2/c1-6(8(10)9(12)13)5-7-3-2-4-11-7/h2-4,6,8,11H,5,10H2,1H3,(H,12,13)/t6?,8-/m0/s1. The van der Waals surface area contributed by atoms with Crippen molar-refractivity contribution in [3.63, 3.8) is 0 Å². The summed E-state index contributed by atoms with van der Waals surface area (Å²) >= 11 is 0. The van der Waals surface area contributed by atoms with Crippen LogP contribution >= 0.6 is 0 Å². The average molecular weight is 182 g/mol. The largest absolute Gasteiger partial charge is 0.480 e. The number of rotatable bonds is 4. The Balaban J connectivity index is 2.50. The van der Waals surface area contributed by atoms with Crippen molar-refractivity contribution in [2.75, 3.05) is 0 Å². The summed E-state index contributed by atoms with van der Waals surface area (Å²) < 4.78 is 0. The second-order valence-electron chi connectivity index (χ2n) is 3.24. The van der Waals surface area contributed by atoms with Crippen LogP contribution in [0.2, 0.25) is 0 Å². The minimum Gasteiger partial charge on any atom is -0.480 e. The number of aromatic amines is 1. The molecule has 0 aromatic carbocycles. The first-order valence-electron chi connectivity index (χ1n) is 4.22. The van der Waals surface area contributed by atoms with Gasteiger partial charge in [-0.1, -0.05) is 6.92 Å². The number of carbonyl (C=O) groups is 1. The van der Waals surface area contributed by atoms with E-state index in [0.29, 0.717) is 6.42 Å². The van der Waals surface area contributed by atoms with Crippen molar-refractivity contribution in [2.24, 2.45) is 11.7 Å². The van der Waals surface area contributed by atoms with Crippen LogP contribution in [0, 0.1) is 5.92 Å². The molecule has 0 aliphatic heterocycles. The van der Waals surface area contributed by atoms with Gasteiger partial charge >= 0.3 is 5.97 Å². The van der Waals surface area contributed by atoms with Crippen molar-refractivity contribution in [3.05, 3.63) is 24.0 Å². The number of hydrogen-bond acceptors (Lipinski definition) is 2. The Morgan fingerprint density at radius 2 is 2.46 bits per heavy atom. The van der Waals surface area contributed by atoms with E-state index in [-0.39, 0.29) is 5.92 Å². The molecule has 0 fully saturated rings. The summed E-state index contributed by atoms with van der Waals surface area (Å²) in [5, 5.41) is 8.65. The van der Waals surface area contributed by atoms with Gasteiger partial charge in [-0.05, 0) is 24.5 Å². The van der Waals surface area contributed by atoms with Crippen molar-refractivity contribution in [1.29, 1.82) is 0 Å². The van der Waals surface area contributed by atoms with Crippen LogP contribution in [0.5, 0.6) is 0 Å². The number of nitrogens with two attached hydrogens (primary N) is 1. The number of hydrogen-bond donors (Lipinski definition) is 3. The van der Waals surface area contributed by atoms with E-state index in [9.17, 15) is 4.79 Å². The Kier molecular flexibility index (Phi) is 3.08. The first-order valence-corrected chi connectivity index (χ1v) is 4.22.